The molecule has 0 aliphatic heterocycles. The molecule has 0 amide bonds. The number of anilines is 1. The molecular weight excluding hydrogens is 208 g/mol. The van der Waals surface area contributed by atoms with Crippen molar-refractivity contribution >= 4 is 5.69 Å². The first-order valence-corrected chi connectivity index (χ1v) is 6.81. The van der Waals surface area contributed by atoms with Crippen molar-refractivity contribution in [3.8, 4) is 0 Å². The van der Waals surface area contributed by atoms with E-state index in [2.05, 4.69) is 24.4 Å². The topological polar surface area (TPSA) is 38.0 Å². The van der Waals surface area contributed by atoms with E-state index in [0.717, 1.165) is 30.5 Å². The average molecular weight is 232 g/mol. The van der Waals surface area contributed by atoms with Crippen LogP contribution in [0.15, 0.2) is 24.3 Å². The van der Waals surface area contributed by atoms with Gasteiger partial charge in [-0.1, -0.05) is 25.1 Å². The Balaban J connectivity index is 1.58. The van der Waals surface area contributed by atoms with Gasteiger partial charge in [0.25, 0.3) is 0 Å². The summed E-state index contributed by atoms with van der Waals surface area (Å²) in [5, 5.41) is 3.56. The van der Waals surface area contributed by atoms with Gasteiger partial charge in [0, 0.05) is 5.69 Å². The van der Waals surface area contributed by atoms with Crippen LogP contribution in [0.25, 0.3) is 0 Å². The fourth-order valence-corrected chi connectivity index (χ4v) is 2.33. The Labute approximate surface area is 105 Å². The lowest BCUT2D eigenvalue weighted by Crippen LogP contribution is -2.23. The highest BCUT2D eigenvalue weighted by Gasteiger charge is 2.27. The molecule has 1 atom stereocenters. The predicted octanol–water partition coefficient (Wildman–Crippen LogP) is 2.84. The summed E-state index contributed by atoms with van der Waals surface area (Å²) >= 11 is 0. The smallest absolute Gasteiger partial charge is 0.0346 e. The zero-order valence-electron chi connectivity index (χ0n) is 10.8. The Bertz CT molecular complexity index is 345. The Kier molecular flexibility index (Phi) is 4.43. The van der Waals surface area contributed by atoms with Gasteiger partial charge in [-0.15, -0.1) is 0 Å². The molecule has 3 N–H and O–H groups in total. The van der Waals surface area contributed by atoms with Crippen molar-refractivity contribution < 1.29 is 0 Å². The molecule has 17 heavy (non-hydrogen) atoms. The van der Waals surface area contributed by atoms with Crippen molar-refractivity contribution in [2.75, 3.05) is 18.8 Å². The number of nitrogen functional groups attached to an aromatic ring is 1. The average Bonchev–Trinajstić information content (AvgIpc) is 3.14. The molecule has 1 aliphatic carbocycles. The predicted molar refractivity (Wildman–Crippen MR) is 73.9 cm³/mol. The SMILES string of the molecule is CC(CNCCCc1ccccc1N)C1CC1. The van der Waals surface area contributed by atoms with E-state index in [1.165, 1.54) is 31.4 Å². The summed E-state index contributed by atoms with van der Waals surface area (Å²) in [6.07, 6.45) is 5.15. The zero-order valence-corrected chi connectivity index (χ0v) is 10.8. The first-order chi connectivity index (χ1) is 8.27. The van der Waals surface area contributed by atoms with E-state index in [1.807, 2.05) is 12.1 Å². The molecule has 1 saturated carbocycles. The third kappa shape index (κ3) is 4.04. The van der Waals surface area contributed by atoms with Crippen LogP contribution in [-0.4, -0.2) is 13.1 Å². The quantitative estimate of drug-likeness (QED) is 0.560. The number of para-hydroxylation sites is 1. The van der Waals surface area contributed by atoms with Crippen LogP contribution in [0.3, 0.4) is 0 Å². The largest absolute Gasteiger partial charge is 0.399 e. The number of benzene rings is 1. The summed E-state index contributed by atoms with van der Waals surface area (Å²) in [5.41, 5.74) is 8.12. The second-order valence-corrected chi connectivity index (χ2v) is 5.32. The first-order valence-electron chi connectivity index (χ1n) is 6.81. The lowest BCUT2D eigenvalue weighted by atomic mass is 10.1. The van der Waals surface area contributed by atoms with Crippen LogP contribution in [0.1, 0.15) is 31.7 Å². The van der Waals surface area contributed by atoms with Gasteiger partial charge in [0.2, 0.25) is 0 Å². The van der Waals surface area contributed by atoms with Crippen LogP contribution in [0.4, 0.5) is 5.69 Å². The molecule has 2 nitrogen and oxygen atoms in total. The summed E-state index contributed by atoms with van der Waals surface area (Å²) in [4.78, 5) is 0. The van der Waals surface area contributed by atoms with Gasteiger partial charge < -0.3 is 11.1 Å². The van der Waals surface area contributed by atoms with E-state index in [0.29, 0.717) is 0 Å². The summed E-state index contributed by atoms with van der Waals surface area (Å²) in [6, 6.07) is 8.17. The van der Waals surface area contributed by atoms with Gasteiger partial charge in [-0.3, -0.25) is 0 Å². The molecule has 0 spiro atoms. The molecule has 0 saturated heterocycles. The molecule has 1 aromatic carbocycles. The van der Waals surface area contributed by atoms with E-state index >= 15 is 0 Å². The van der Waals surface area contributed by atoms with Gasteiger partial charge in [-0.05, 0) is 62.2 Å². The van der Waals surface area contributed by atoms with E-state index in [-0.39, 0.29) is 0 Å². The fraction of sp³-hybridized carbons (Fsp3) is 0.600. The summed E-state index contributed by atoms with van der Waals surface area (Å²) in [7, 11) is 0. The summed E-state index contributed by atoms with van der Waals surface area (Å²) in [5.74, 6) is 1.86. The standard InChI is InChI=1S/C15H24N2/c1-12(13-8-9-13)11-17-10-4-6-14-5-2-3-7-15(14)16/h2-3,5,7,12-13,17H,4,6,8-11,16H2,1H3. The van der Waals surface area contributed by atoms with Crippen LogP contribution in [0.5, 0.6) is 0 Å². The molecule has 1 aromatic rings. The van der Waals surface area contributed by atoms with Crippen molar-refractivity contribution in [1.82, 2.24) is 5.32 Å². The molecule has 0 bridgehead atoms. The molecule has 0 heterocycles. The number of hydrogen-bond acceptors (Lipinski definition) is 2. The minimum Gasteiger partial charge on any atom is -0.399 e. The molecule has 2 rings (SSSR count). The minimum absolute atomic E-state index is 0.858. The highest BCUT2D eigenvalue weighted by atomic mass is 14.9. The van der Waals surface area contributed by atoms with Gasteiger partial charge in [-0.2, -0.15) is 0 Å². The first kappa shape index (κ1) is 12.4. The lowest BCUT2D eigenvalue weighted by Gasteiger charge is -2.11. The van der Waals surface area contributed by atoms with Crippen molar-refractivity contribution in [3.63, 3.8) is 0 Å². The monoisotopic (exact) mass is 232 g/mol. The molecule has 94 valence electrons. The van der Waals surface area contributed by atoms with Gasteiger partial charge in [0.1, 0.15) is 0 Å². The zero-order chi connectivity index (χ0) is 12.1. The van der Waals surface area contributed by atoms with Crippen molar-refractivity contribution in [1.29, 1.82) is 0 Å². The number of nitrogens with two attached hydrogens (primary N) is 1. The van der Waals surface area contributed by atoms with E-state index in [4.69, 9.17) is 5.73 Å². The third-order valence-electron chi connectivity index (χ3n) is 3.75. The summed E-state index contributed by atoms with van der Waals surface area (Å²) < 4.78 is 0. The maximum atomic E-state index is 5.91. The number of rotatable bonds is 7. The number of hydrogen-bond donors (Lipinski definition) is 2. The normalized spacial score (nSPS) is 17.0. The molecule has 0 aromatic heterocycles. The van der Waals surface area contributed by atoms with Crippen LogP contribution >= 0.6 is 0 Å². The molecular formula is C15H24N2. The lowest BCUT2D eigenvalue weighted by molar-refractivity contribution is 0.459. The Hall–Kier alpha value is -1.02. The van der Waals surface area contributed by atoms with Crippen molar-refractivity contribution in [3.05, 3.63) is 29.8 Å². The maximum Gasteiger partial charge on any atom is 0.0346 e. The Morgan fingerprint density at radius 3 is 2.82 bits per heavy atom. The van der Waals surface area contributed by atoms with Gasteiger partial charge in [0.05, 0.1) is 0 Å². The summed E-state index contributed by atoms with van der Waals surface area (Å²) in [6.45, 7) is 4.64. The molecule has 1 unspecified atom stereocenters. The highest BCUT2D eigenvalue weighted by Crippen LogP contribution is 2.35. The van der Waals surface area contributed by atoms with Crippen molar-refractivity contribution in [2.45, 2.75) is 32.6 Å². The molecule has 1 fully saturated rings. The fourth-order valence-electron chi connectivity index (χ4n) is 2.33. The molecule has 1 aliphatic rings. The van der Waals surface area contributed by atoms with Gasteiger partial charge in [0.15, 0.2) is 0 Å². The van der Waals surface area contributed by atoms with Crippen LogP contribution < -0.4 is 11.1 Å². The van der Waals surface area contributed by atoms with Crippen LogP contribution in [-0.2, 0) is 6.42 Å². The van der Waals surface area contributed by atoms with E-state index < -0.39 is 0 Å². The number of nitrogens with one attached hydrogen (secondary N) is 1. The van der Waals surface area contributed by atoms with E-state index in [9.17, 15) is 0 Å². The Morgan fingerprint density at radius 2 is 2.12 bits per heavy atom. The third-order valence-corrected chi connectivity index (χ3v) is 3.75. The maximum absolute atomic E-state index is 5.91. The molecule has 2 heteroatoms. The van der Waals surface area contributed by atoms with Crippen LogP contribution in [0.2, 0.25) is 0 Å². The second kappa shape index (κ2) is 6.06. The Morgan fingerprint density at radius 1 is 1.35 bits per heavy atom. The number of aryl methyl sites for hydroxylation is 1. The van der Waals surface area contributed by atoms with E-state index in [1.54, 1.807) is 0 Å². The van der Waals surface area contributed by atoms with Gasteiger partial charge in [-0.25, -0.2) is 0 Å². The van der Waals surface area contributed by atoms with Gasteiger partial charge >= 0.3 is 0 Å². The van der Waals surface area contributed by atoms with Crippen molar-refractivity contribution in [2.24, 2.45) is 11.8 Å². The second-order valence-electron chi connectivity index (χ2n) is 5.32. The highest BCUT2D eigenvalue weighted by molar-refractivity contribution is 5.46. The minimum atomic E-state index is 0.858. The van der Waals surface area contributed by atoms with Crippen LogP contribution in [0, 0.1) is 11.8 Å². The molecule has 0 radical (unpaired) electrons.